The number of aliphatic hydroxyl groups excluding tert-OH is 1. The predicted molar refractivity (Wildman–Crippen MR) is 55.0 cm³/mol. The average molecular weight is 192 g/mol. The Morgan fingerprint density at radius 2 is 2.36 bits per heavy atom. The molecule has 3 nitrogen and oxygen atoms in total. The molecule has 1 fully saturated rings. The molecule has 1 aromatic heterocycles. The molecule has 0 amide bonds. The highest BCUT2D eigenvalue weighted by molar-refractivity contribution is 5.15. The minimum atomic E-state index is -0.293. The molecule has 14 heavy (non-hydrogen) atoms. The maximum Gasteiger partial charge on any atom is 0.0758 e. The maximum absolute atomic E-state index is 9.81. The number of nitrogens with zero attached hydrogens (tertiary/aromatic N) is 1. The summed E-state index contributed by atoms with van der Waals surface area (Å²) in [5.74, 6) is 0. The SMILES string of the molecule is Cc1cccc(C2NCCCC2O)n1. The number of pyridine rings is 1. The van der Waals surface area contributed by atoms with E-state index in [4.69, 9.17) is 0 Å². The molecule has 0 spiro atoms. The van der Waals surface area contributed by atoms with E-state index < -0.39 is 0 Å². The van der Waals surface area contributed by atoms with Crippen LogP contribution in [-0.2, 0) is 0 Å². The van der Waals surface area contributed by atoms with Crippen molar-refractivity contribution in [3.63, 3.8) is 0 Å². The quantitative estimate of drug-likeness (QED) is 0.702. The second kappa shape index (κ2) is 4.07. The van der Waals surface area contributed by atoms with Crippen molar-refractivity contribution in [3.8, 4) is 0 Å². The lowest BCUT2D eigenvalue weighted by molar-refractivity contribution is 0.0947. The van der Waals surface area contributed by atoms with Gasteiger partial charge in [-0.15, -0.1) is 0 Å². The third-order valence-electron chi connectivity index (χ3n) is 2.65. The van der Waals surface area contributed by atoms with Gasteiger partial charge in [0.05, 0.1) is 17.8 Å². The summed E-state index contributed by atoms with van der Waals surface area (Å²) >= 11 is 0. The van der Waals surface area contributed by atoms with E-state index in [1.807, 2.05) is 25.1 Å². The van der Waals surface area contributed by atoms with E-state index in [1.54, 1.807) is 0 Å². The van der Waals surface area contributed by atoms with E-state index in [0.717, 1.165) is 30.8 Å². The number of piperidine rings is 1. The van der Waals surface area contributed by atoms with Crippen LogP contribution in [0.3, 0.4) is 0 Å². The Labute approximate surface area is 84.2 Å². The Bertz CT molecular complexity index is 314. The summed E-state index contributed by atoms with van der Waals surface area (Å²) in [6, 6.07) is 5.95. The largest absolute Gasteiger partial charge is 0.391 e. The molecule has 3 heteroatoms. The van der Waals surface area contributed by atoms with Crippen molar-refractivity contribution in [2.45, 2.75) is 31.9 Å². The van der Waals surface area contributed by atoms with Crippen molar-refractivity contribution in [3.05, 3.63) is 29.6 Å². The molecule has 2 atom stereocenters. The molecule has 0 radical (unpaired) electrons. The zero-order valence-corrected chi connectivity index (χ0v) is 8.40. The van der Waals surface area contributed by atoms with E-state index in [-0.39, 0.29) is 12.1 Å². The molecule has 2 N–H and O–H groups in total. The molecule has 1 aliphatic rings. The fourth-order valence-corrected chi connectivity index (χ4v) is 1.91. The van der Waals surface area contributed by atoms with E-state index in [2.05, 4.69) is 10.3 Å². The Balaban J connectivity index is 2.20. The van der Waals surface area contributed by atoms with Crippen LogP contribution in [0.5, 0.6) is 0 Å². The van der Waals surface area contributed by atoms with Crippen LogP contribution < -0.4 is 5.32 Å². The number of nitrogens with one attached hydrogen (secondary N) is 1. The van der Waals surface area contributed by atoms with Gasteiger partial charge >= 0.3 is 0 Å². The average Bonchev–Trinajstić information content (AvgIpc) is 2.18. The van der Waals surface area contributed by atoms with Gasteiger partial charge < -0.3 is 10.4 Å². The Morgan fingerprint density at radius 1 is 1.50 bits per heavy atom. The van der Waals surface area contributed by atoms with Gasteiger partial charge in [0.15, 0.2) is 0 Å². The van der Waals surface area contributed by atoms with Gasteiger partial charge in [-0.2, -0.15) is 0 Å². The fraction of sp³-hybridized carbons (Fsp3) is 0.545. The lowest BCUT2D eigenvalue weighted by atomic mass is 9.98. The summed E-state index contributed by atoms with van der Waals surface area (Å²) in [6.45, 7) is 2.94. The van der Waals surface area contributed by atoms with E-state index >= 15 is 0 Å². The third-order valence-corrected chi connectivity index (χ3v) is 2.65. The van der Waals surface area contributed by atoms with Crippen LogP contribution in [0.1, 0.15) is 30.3 Å². The summed E-state index contributed by atoms with van der Waals surface area (Å²) in [4.78, 5) is 4.42. The molecule has 76 valence electrons. The third kappa shape index (κ3) is 1.94. The van der Waals surface area contributed by atoms with Gasteiger partial charge in [0.25, 0.3) is 0 Å². The molecule has 1 aliphatic heterocycles. The van der Waals surface area contributed by atoms with Gasteiger partial charge in [-0.3, -0.25) is 4.98 Å². The first kappa shape index (κ1) is 9.62. The highest BCUT2D eigenvalue weighted by atomic mass is 16.3. The van der Waals surface area contributed by atoms with Gasteiger partial charge in [0, 0.05) is 5.69 Å². The van der Waals surface area contributed by atoms with Gasteiger partial charge in [0.2, 0.25) is 0 Å². The zero-order valence-electron chi connectivity index (χ0n) is 8.40. The number of aryl methyl sites for hydroxylation is 1. The standard InChI is InChI=1S/C11H16N2O/c1-8-4-2-5-9(13-8)11-10(14)6-3-7-12-11/h2,4-5,10-12,14H,3,6-7H2,1H3. The van der Waals surface area contributed by atoms with Crippen molar-refractivity contribution in [1.82, 2.24) is 10.3 Å². The normalized spacial score (nSPS) is 27.6. The van der Waals surface area contributed by atoms with Crippen LogP contribution in [0.15, 0.2) is 18.2 Å². The number of aliphatic hydroxyl groups is 1. The van der Waals surface area contributed by atoms with Gasteiger partial charge in [0.1, 0.15) is 0 Å². The maximum atomic E-state index is 9.81. The molecule has 1 saturated heterocycles. The Hall–Kier alpha value is -0.930. The minimum Gasteiger partial charge on any atom is -0.391 e. The molecule has 0 bridgehead atoms. The van der Waals surface area contributed by atoms with Crippen LogP contribution in [-0.4, -0.2) is 22.7 Å². The van der Waals surface area contributed by atoms with Crippen LogP contribution in [0.25, 0.3) is 0 Å². The summed E-state index contributed by atoms with van der Waals surface area (Å²) in [7, 11) is 0. The van der Waals surface area contributed by atoms with Gasteiger partial charge in [-0.25, -0.2) is 0 Å². The summed E-state index contributed by atoms with van der Waals surface area (Å²) < 4.78 is 0. The van der Waals surface area contributed by atoms with Gasteiger partial charge in [-0.05, 0) is 38.4 Å². The second-order valence-corrected chi connectivity index (χ2v) is 3.85. The smallest absolute Gasteiger partial charge is 0.0758 e. The van der Waals surface area contributed by atoms with Gasteiger partial charge in [-0.1, -0.05) is 6.07 Å². The van der Waals surface area contributed by atoms with Crippen LogP contribution in [0, 0.1) is 6.92 Å². The van der Waals surface area contributed by atoms with Crippen molar-refractivity contribution in [1.29, 1.82) is 0 Å². The van der Waals surface area contributed by atoms with Crippen LogP contribution in [0.2, 0.25) is 0 Å². The molecule has 2 unspecified atom stereocenters. The summed E-state index contributed by atoms with van der Waals surface area (Å²) in [5.41, 5.74) is 1.96. The zero-order chi connectivity index (χ0) is 9.97. The van der Waals surface area contributed by atoms with Crippen molar-refractivity contribution < 1.29 is 5.11 Å². The fourth-order valence-electron chi connectivity index (χ4n) is 1.91. The highest BCUT2D eigenvalue weighted by Crippen LogP contribution is 2.21. The molecule has 2 rings (SSSR count). The molecule has 0 aromatic carbocycles. The molecular weight excluding hydrogens is 176 g/mol. The molecule has 1 aromatic rings. The molecule has 2 heterocycles. The summed E-state index contributed by atoms with van der Waals surface area (Å²) in [5, 5.41) is 13.1. The monoisotopic (exact) mass is 192 g/mol. The first-order valence-corrected chi connectivity index (χ1v) is 5.12. The molecular formula is C11H16N2O. The Kier molecular flexibility index (Phi) is 2.79. The summed E-state index contributed by atoms with van der Waals surface area (Å²) in [6.07, 6.45) is 1.62. The lowest BCUT2D eigenvalue weighted by Crippen LogP contribution is -2.38. The van der Waals surface area contributed by atoms with Crippen LogP contribution in [0.4, 0.5) is 0 Å². The highest BCUT2D eigenvalue weighted by Gasteiger charge is 2.24. The number of aromatic nitrogens is 1. The molecule has 0 aliphatic carbocycles. The Morgan fingerprint density at radius 3 is 3.07 bits per heavy atom. The van der Waals surface area contributed by atoms with Crippen molar-refractivity contribution in [2.24, 2.45) is 0 Å². The first-order valence-electron chi connectivity index (χ1n) is 5.12. The van der Waals surface area contributed by atoms with E-state index in [0.29, 0.717) is 0 Å². The second-order valence-electron chi connectivity index (χ2n) is 3.85. The number of rotatable bonds is 1. The lowest BCUT2D eigenvalue weighted by Gasteiger charge is -2.28. The van der Waals surface area contributed by atoms with E-state index in [9.17, 15) is 5.11 Å². The van der Waals surface area contributed by atoms with Crippen LogP contribution >= 0.6 is 0 Å². The predicted octanol–water partition coefficient (Wildman–Crippen LogP) is 1.18. The number of hydrogen-bond donors (Lipinski definition) is 2. The topological polar surface area (TPSA) is 45.1 Å². The van der Waals surface area contributed by atoms with E-state index in [1.165, 1.54) is 0 Å². The first-order chi connectivity index (χ1) is 6.77. The minimum absolute atomic E-state index is 0.0173. The van der Waals surface area contributed by atoms with Crippen molar-refractivity contribution >= 4 is 0 Å². The van der Waals surface area contributed by atoms with Crippen molar-refractivity contribution in [2.75, 3.05) is 6.54 Å². The number of hydrogen-bond acceptors (Lipinski definition) is 3. The molecule has 0 saturated carbocycles.